The Morgan fingerprint density at radius 3 is 2.69 bits per heavy atom. The number of rotatable bonds is 4. The molecule has 2 aromatic heterocycles. The van der Waals surface area contributed by atoms with Gasteiger partial charge in [-0.05, 0) is 36.4 Å². The molecular formula is C18H13ClFN5O. The maximum Gasteiger partial charge on any atom is 0.275 e. The molecule has 0 amide bonds. The lowest BCUT2D eigenvalue weighted by atomic mass is 10.2. The Hall–Kier alpha value is -3.19. The zero-order chi connectivity index (χ0) is 18.1. The molecule has 26 heavy (non-hydrogen) atoms. The van der Waals surface area contributed by atoms with Crippen molar-refractivity contribution in [1.29, 1.82) is 0 Å². The topological polar surface area (TPSA) is 75.1 Å². The van der Waals surface area contributed by atoms with Crippen LogP contribution in [0.4, 0.5) is 10.1 Å². The molecule has 2 heterocycles. The second kappa shape index (κ2) is 6.61. The Morgan fingerprint density at radius 1 is 1.15 bits per heavy atom. The second-order valence-corrected chi connectivity index (χ2v) is 6.05. The van der Waals surface area contributed by atoms with Gasteiger partial charge >= 0.3 is 0 Å². The van der Waals surface area contributed by atoms with E-state index in [2.05, 4.69) is 20.4 Å². The third-order valence-electron chi connectivity index (χ3n) is 3.83. The fourth-order valence-corrected chi connectivity index (χ4v) is 2.75. The van der Waals surface area contributed by atoms with Crippen molar-refractivity contribution in [2.45, 2.75) is 6.54 Å². The van der Waals surface area contributed by atoms with E-state index in [1.165, 1.54) is 22.7 Å². The molecule has 0 saturated carbocycles. The van der Waals surface area contributed by atoms with Crippen molar-refractivity contribution in [3.63, 3.8) is 0 Å². The van der Waals surface area contributed by atoms with Gasteiger partial charge in [0.25, 0.3) is 5.56 Å². The first-order valence-electron chi connectivity index (χ1n) is 7.83. The molecule has 0 aliphatic heterocycles. The van der Waals surface area contributed by atoms with Gasteiger partial charge in [-0.25, -0.2) is 4.39 Å². The van der Waals surface area contributed by atoms with Crippen LogP contribution in [0.2, 0.25) is 5.02 Å². The molecule has 0 aliphatic rings. The third-order valence-corrected chi connectivity index (χ3v) is 4.16. The number of benzene rings is 2. The van der Waals surface area contributed by atoms with Crippen LogP contribution in [0.5, 0.6) is 0 Å². The summed E-state index contributed by atoms with van der Waals surface area (Å²) in [5, 5.41) is 7.94. The highest BCUT2D eigenvalue weighted by Crippen LogP contribution is 2.21. The van der Waals surface area contributed by atoms with Crippen LogP contribution in [0, 0.1) is 5.82 Å². The number of anilines is 1. The third kappa shape index (κ3) is 3.16. The van der Waals surface area contributed by atoms with Crippen molar-refractivity contribution in [3.8, 4) is 11.4 Å². The quantitative estimate of drug-likeness (QED) is 0.577. The molecule has 0 atom stereocenters. The summed E-state index contributed by atoms with van der Waals surface area (Å²) in [6, 6.07) is 14.6. The first kappa shape index (κ1) is 16.3. The van der Waals surface area contributed by atoms with E-state index in [9.17, 15) is 9.18 Å². The summed E-state index contributed by atoms with van der Waals surface area (Å²) in [5.41, 5.74) is 1.72. The van der Waals surface area contributed by atoms with Crippen LogP contribution in [-0.2, 0) is 6.54 Å². The number of halogens is 2. The summed E-state index contributed by atoms with van der Waals surface area (Å²) >= 11 is 6.11. The molecular weight excluding hydrogens is 357 g/mol. The normalized spacial score (nSPS) is 11.0. The molecule has 0 saturated heterocycles. The molecule has 6 nitrogen and oxygen atoms in total. The van der Waals surface area contributed by atoms with Gasteiger partial charge in [-0.15, -0.1) is 5.10 Å². The minimum atomic E-state index is -0.346. The van der Waals surface area contributed by atoms with Crippen molar-refractivity contribution in [3.05, 3.63) is 81.5 Å². The first-order valence-corrected chi connectivity index (χ1v) is 8.21. The Labute approximate surface area is 152 Å². The SMILES string of the molecule is O=c1cc(CNc2ccccc2Cl)[nH]c2nc(-c3ccc(F)cc3)nn12. The van der Waals surface area contributed by atoms with Gasteiger partial charge in [0.1, 0.15) is 5.82 Å². The number of aromatic nitrogens is 4. The number of hydrogen-bond acceptors (Lipinski definition) is 4. The summed E-state index contributed by atoms with van der Waals surface area (Å²) in [4.78, 5) is 19.7. The Kier molecular flexibility index (Phi) is 4.14. The van der Waals surface area contributed by atoms with Gasteiger partial charge in [-0.2, -0.15) is 9.50 Å². The molecule has 4 rings (SSSR count). The number of nitrogens with one attached hydrogen (secondary N) is 2. The van der Waals surface area contributed by atoms with Crippen molar-refractivity contribution >= 4 is 23.1 Å². The molecule has 2 aromatic carbocycles. The Balaban J connectivity index is 1.65. The van der Waals surface area contributed by atoms with Crippen LogP contribution in [0.3, 0.4) is 0 Å². The minimum Gasteiger partial charge on any atom is -0.378 e. The summed E-state index contributed by atoms with van der Waals surface area (Å²) in [5.74, 6) is 0.309. The number of hydrogen-bond donors (Lipinski definition) is 2. The Morgan fingerprint density at radius 2 is 1.92 bits per heavy atom. The molecule has 0 bridgehead atoms. The lowest BCUT2D eigenvalue weighted by molar-refractivity contribution is 0.628. The predicted molar refractivity (Wildman–Crippen MR) is 97.8 cm³/mol. The van der Waals surface area contributed by atoms with Crippen molar-refractivity contribution < 1.29 is 4.39 Å². The molecule has 0 fully saturated rings. The summed E-state index contributed by atoms with van der Waals surface area (Å²) in [7, 11) is 0. The van der Waals surface area contributed by atoms with Crippen LogP contribution in [0.15, 0.2) is 59.4 Å². The van der Waals surface area contributed by atoms with Gasteiger partial charge in [0, 0.05) is 17.3 Å². The van der Waals surface area contributed by atoms with Crippen molar-refractivity contribution in [2.24, 2.45) is 0 Å². The van der Waals surface area contributed by atoms with Crippen LogP contribution in [0.25, 0.3) is 17.2 Å². The fourth-order valence-electron chi connectivity index (χ4n) is 2.55. The number of aromatic amines is 1. The van der Waals surface area contributed by atoms with E-state index in [1.54, 1.807) is 18.2 Å². The van der Waals surface area contributed by atoms with E-state index >= 15 is 0 Å². The maximum absolute atomic E-state index is 13.1. The van der Waals surface area contributed by atoms with Gasteiger partial charge in [-0.1, -0.05) is 23.7 Å². The standard InChI is InChI=1S/C18H13ClFN5O/c19-14-3-1-2-4-15(14)21-10-13-9-16(26)25-18(22-13)23-17(24-25)11-5-7-12(20)8-6-11/h1-9,21H,10H2,(H,22,23,24). The molecule has 0 unspecified atom stereocenters. The maximum atomic E-state index is 13.1. The average molecular weight is 370 g/mol. The van der Waals surface area contributed by atoms with E-state index in [0.717, 1.165) is 5.69 Å². The predicted octanol–water partition coefficient (Wildman–Crippen LogP) is 3.49. The Bertz CT molecular complexity index is 1140. The van der Waals surface area contributed by atoms with Gasteiger partial charge in [0.05, 0.1) is 17.3 Å². The highest BCUT2D eigenvalue weighted by atomic mass is 35.5. The van der Waals surface area contributed by atoms with Gasteiger partial charge in [0.15, 0.2) is 5.82 Å². The highest BCUT2D eigenvalue weighted by Gasteiger charge is 2.10. The lowest BCUT2D eigenvalue weighted by Crippen LogP contribution is -2.17. The highest BCUT2D eigenvalue weighted by molar-refractivity contribution is 6.33. The fraction of sp³-hybridized carbons (Fsp3) is 0.0556. The van der Waals surface area contributed by atoms with Crippen molar-refractivity contribution in [2.75, 3.05) is 5.32 Å². The van der Waals surface area contributed by atoms with E-state index in [4.69, 9.17) is 11.6 Å². The molecule has 2 N–H and O–H groups in total. The largest absolute Gasteiger partial charge is 0.378 e. The molecule has 8 heteroatoms. The van der Waals surface area contributed by atoms with Crippen LogP contribution < -0.4 is 10.9 Å². The summed E-state index contributed by atoms with van der Waals surface area (Å²) < 4.78 is 14.2. The van der Waals surface area contributed by atoms with Gasteiger partial charge < -0.3 is 10.3 Å². The molecule has 0 radical (unpaired) electrons. The van der Waals surface area contributed by atoms with E-state index < -0.39 is 0 Å². The number of H-pyrrole nitrogens is 1. The smallest absolute Gasteiger partial charge is 0.275 e. The van der Waals surface area contributed by atoms with E-state index in [1.807, 2.05) is 18.2 Å². The van der Waals surface area contributed by atoms with Gasteiger partial charge in [0.2, 0.25) is 5.78 Å². The summed E-state index contributed by atoms with van der Waals surface area (Å²) in [6.45, 7) is 0.369. The van der Waals surface area contributed by atoms with Crippen molar-refractivity contribution in [1.82, 2.24) is 19.6 Å². The summed E-state index contributed by atoms with van der Waals surface area (Å²) in [6.07, 6.45) is 0. The van der Waals surface area contributed by atoms with Crippen LogP contribution in [-0.4, -0.2) is 19.6 Å². The van der Waals surface area contributed by atoms with E-state index in [0.29, 0.717) is 34.4 Å². The van der Waals surface area contributed by atoms with Crippen LogP contribution >= 0.6 is 11.6 Å². The zero-order valence-electron chi connectivity index (χ0n) is 13.4. The molecule has 4 aromatic rings. The zero-order valence-corrected chi connectivity index (χ0v) is 14.2. The number of fused-ring (bicyclic) bond motifs is 1. The average Bonchev–Trinajstić information content (AvgIpc) is 3.06. The van der Waals surface area contributed by atoms with Crippen LogP contribution in [0.1, 0.15) is 5.69 Å². The number of nitrogens with zero attached hydrogens (tertiary/aromatic N) is 3. The monoisotopic (exact) mass is 369 g/mol. The molecule has 0 aliphatic carbocycles. The molecule has 130 valence electrons. The number of para-hydroxylation sites is 1. The first-order chi connectivity index (χ1) is 12.6. The minimum absolute atomic E-state index is 0.310. The van der Waals surface area contributed by atoms with E-state index in [-0.39, 0.29) is 11.4 Å². The van der Waals surface area contributed by atoms with Gasteiger partial charge in [-0.3, -0.25) is 4.79 Å². The second-order valence-electron chi connectivity index (χ2n) is 5.64. The molecule has 0 spiro atoms. The lowest BCUT2D eigenvalue weighted by Gasteiger charge is -2.08.